The van der Waals surface area contributed by atoms with Crippen LogP contribution in [0, 0.1) is 0 Å². The Labute approximate surface area is 48.6 Å². The summed E-state index contributed by atoms with van der Waals surface area (Å²) in [6.07, 6.45) is 1.44. The van der Waals surface area contributed by atoms with Crippen LogP contribution in [-0.4, -0.2) is 11.9 Å². The molecule has 0 aliphatic rings. The summed E-state index contributed by atoms with van der Waals surface area (Å²) < 4.78 is 0. The summed E-state index contributed by atoms with van der Waals surface area (Å²) in [6.45, 7) is 5.03. The van der Waals surface area contributed by atoms with E-state index in [9.17, 15) is 4.79 Å². The molecule has 0 saturated heterocycles. The molecular formula is C5H10N2O. The molecule has 0 aliphatic heterocycles. The van der Waals surface area contributed by atoms with Gasteiger partial charge in [0.05, 0.1) is 0 Å². The number of rotatable bonds is 3. The third kappa shape index (κ3) is 2.23. The van der Waals surface area contributed by atoms with Crippen LogP contribution in [0.25, 0.3) is 0 Å². The van der Waals surface area contributed by atoms with E-state index < -0.39 is 0 Å². The van der Waals surface area contributed by atoms with Crippen LogP contribution in [0.4, 0.5) is 0 Å². The molecule has 1 atom stereocenters. The molecule has 0 aromatic heterocycles. The van der Waals surface area contributed by atoms with Gasteiger partial charge in [-0.2, -0.15) is 0 Å². The van der Waals surface area contributed by atoms with E-state index in [1.54, 1.807) is 6.92 Å². The molecule has 0 heterocycles. The molecule has 0 aromatic carbocycles. The molecule has 3 nitrogen and oxygen atoms in total. The Hall–Kier alpha value is -0.990. The molecule has 46 valence electrons. The van der Waals surface area contributed by atoms with Crippen LogP contribution in [0.2, 0.25) is 0 Å². The molecule has 0 rings (SSSR count). The second-order valence-electron chi connectivity index (χ2n) is 1.49. The van der Waals surface area contributed by atoms with Crippen molar-refractivity contribution in [1.29, 1.82) is 0 Å². The van der Waals surface area contributed by atoms with E-state index in [-0.39, 0.29) is 11.9 Å². The first-order valence-electron chi connectivity index (χ1n) is 2.34. The summed E-state index contributed by atoms with van der Waals surface area (Å²) in [5, 5.41) is 2.63. The van der Waals surface area contributed by atoms with E-state index in [1.165, 1.54) is 6.20 Å². The fourth-order valence-electron chi connectivity index (χ4n) is 0.259. The molecule has 0 bridgehead atoms. The van der Waals surface area contributed by atoms with Crippen LogP contribution < -0.4 is 11.1 Å². The van der Waals surface area contributed by atoms with Gasteiger partial charge in [0.2, 0.25) is 5.91 Å². The summed E-state index contributed by atoms with van der Waals surface area (Å²) in [7, 11) is 0. The second-order valence-corrected chi connectivity index (χ2v) is 1.49. The Morgan fingerprint density at radius 2 is 2.50 bits per heavy atom. The first-order valence-corrected chi connectivity index (χ1v) is 2.34. The van der Waals surface area contributed by atoms with E-state index >= 15 is 0 Å². The van der Waals surface area contributed by atoms with Crippen LogP contribution in [0.15, 0.2) is 12.8 Å². The van der Waals surface area contributed by atoms with Crippen LogP contribution in [-0.2, 0) is 4.79 Å². The van der Waals surface area contributed by atoms with Crippen molar-refractivity contribution < 1.29 is 4.79 Å². The van der Waals surface area contributed by atoms with Gasteiger partial charge >= 0.3 is 0 Å². The zero-order chi connectivity index (χ0) is 6.57. The Morgan fingerprint density at radius 3 is 2.62 bits per heavy atom. The predicted octanol–water partition coefficient (Wildman–Crippen LogP) is -0.407. The van der Waals surface area contributed by atoms with Gasteiger partial charge < -0.3 is 11.1 Å². The van der Waals surface area contributed by atoms with Crippen molar-refractivity contribution in [2.24, 2.45) is 5.73 Å². The van der Waals surface area contributed by atoms with Crippen molar-refractivity contribution in [3.63, 3.8) is 0 Å². The smallest absolute Gasteiger partial charge is 0.239 e. The summed E-state index contributed by atoms with van der Waals surface area (Å²) in [5.74, 6) is -0.370. The summed E-state index contributed by atoms with van der Waals surface area (Å²) in [6, 6.07) is -0.313. The largest absolute Gasteiger partial charge is 0.380 e. The first-order chi connectivity index (χ1) is 3.68. The second kappa shape index (κ2) is 3.07. The molecule has 1 amide bonds. The summed E-state index contributed by atoms with van der Waals surface area (Å²) >= 11 is 0. The number of primary amides is 1. The average molecular weight is 114 g/mol. The van der Waals surface area contributed by atoms with Crippen LogP contribution in [0.3, 0.4) is 0 Å². The minimum atomic E-state index is -0.370. The fraction of sp³-hybridized carbons (Fsp3) is 0.400. The number of hydrogen-bond donors (Lipinski definition) is 2. The maximum Gasteiger partial charge on any atom is 0.239 e. The maximum atomic E-state index is 10.2. The highest BCUT2D eigenvalue weighted by atomic mass is 16.1. The van der Waals surface area contributed by atoms with Gasteiger partial charge in [0.1, 0.15) is 6.04 Å². The molecule has 0 unspecified atom stereocenters. The van der Waals surface area contributed by atoms with E-state index in [0.717, 1.165) is 0 Å². The lowest BCUT2D eigenvalue weighted by Crippen LogP contribution is -2.35. The highest BCUT2D eigenvalue weighted by Crippen LogP contribution is 1.74. The summed E-state index contributed by atoms with van der Waals surface area (Å²) in [4.78, 5) is 10.2. The van der Waals surface area contributed by atoms with Crippen molar-refractivity contribution in [1.82, 2.24) is 5.32 Å². The van der Waals surface area contributed by atoms with Gasteiger partial charge in [0.25, 0.3) is 0 Å². The lowest BCUT2D eigenvalue weighted by molar-refractivity contribution is -0.119. The highest BCUT2D eigenvalue weighted by Gasteiger charge is 2.02. The average Bonchev–Trinajstić information content (AvgIpc) is 1.67. The topological polar surface area (TPSA) is 55.1 Å². The van der Waals surface area contributed by atoms with E-state index in [1.807, 2.05) is 0 Å². The number of hydrogen-bond acceptors (Lipinski definition) is 2. The van der Waals surface area contributed by atoms with Gasteiger partial charge in [0.15, 0.2) is 0 Å². The van der Waals surface area contributed by atoms with Crippen LogP contribution >= 0.6 is 0 Å². The third-order valence-electron chi connectivity index (χ3n) is 0.795. The first kappa shape index (κ1) is 7.01. The van der Waals surface area contributed by atoms with E-state index in [2.05, 4.69) is 11.9 Å². The quantitative estimate of drug-likeness (QED) is 0.524. The standard InChI is InChI=1S/C5H10N2O/c1-3-7-4(2)5(6)8/h3-4,7H,1H2,2H3,(H2,6,8)/t4-/m1/s1. The highest BCUT2D eigenvalue weighted by molar-refractivity contribution is 5.79. The number of nitrogens with one attached hydrogen (secondary N) is 1. The summed E-state index contributed by atoms with van der Waals surface area (Å²) in [5.41, 5.74) is 4.87. The molecular weight excluding hydrogens is 104 g/mol. The molecule has 0 fully saturated rings. The fourth-order valence-corrected chi connectivity index (χ4v) is 0.259. The number of nitrogens with two attached hydrogens (primary N) is 1. The van der Waals surface area contributed by atoms with Gasteiger partial charge in [-0.25, -0.2) is 0 Å². The number of amides is 1. The van der Waals surface area contributed by atoms with Gasteiger partial charge in [-0.15, -0.1) is 0 Å². The zero-order valence-electron chi connectivity index (χ0n) is 4.85. The van der Waals surface area contributed by atoms with E-state index in [0.29, 0.717) is 0 Å². The van der Waals surface area contributed by atoms with E-state index in [4.69, 9.17) is 5.73 Å². The van der Waals surface area contributed by atoms with Crippen molar-refractivity contribution in [3.8, 4) is 0 Å². The number of carbonyl (C=O) groups is 1. The SMILES string of the molecule is C=CN[C@H](C)C(N)=O. The Kier molecular flexibility index (Phi) is 2.69. The Bertz CT molecular complexity index is 101. The maximum absolute atomic E-state index is 10.2. The normalized spacial score (nSPS) is 12.1. The zero-order valence-corrected chi connectivity index (χ0v) is 4.85. The third-order valence-corrected chi connectivity index (χ3v) is 0.795. The van der Waals surface area contributed by atoms with Crippen molar-refractivity contribution in [3.05, 3.63) is 12.8 Å². The Morgan fingerprint density at radius 1 is 2.00 bits per heavy atom. The molecule has 0 aliphatic carbocycles. The molecule has 3 N–H and O–H groups in total. The van der Waals surface area contributed by atoms with Crippen molar-refractivity contribution in [2.75, 3.05) is 0 Å². The van der Waals surface area contributed by atoms with Gasteiger partial charge in [0, 0.05) is 0 Å². The monoisotopic (exact) mass is 114 g/mol. The van der Waals surface area contributed by atoms with Crippen molar-refractivity contribution in [2.45, 2.75) is 13.0 Å². The lowest BCUT2D eigenvalue weighted by atomic mass is 10.3. The number of carbonyl (C=O) groups excluding carboxylic acids is 1. The predicted molar refractivity (Wildman–Crippen MR) is 32.0 cm³/mol. The lowest BCUT2D eigenvalue weighted by Gasteiger charge is -2.03. The van der Waals surface area contributed by atoms with Gasteiger partial charge in [-0.1, -0.05) is 6.58 Å². The van der Waals surface area contributed by atoms with Crippen LogP contribution in [0.1, 0.15) is 6.92 Å². The molecule has 0 radical (unpaired) electrons. The van der Waals surface area contributed by atoms with Gasteiger partial charge in [-0.05, 0) is 13.1 Å². The van der Waals surface area contributed by atoms with Crippen molar-refractivity contribution >= 4 is 5.91 Å². The minimum Gasteiger partial charge on any atom is -0.380 e. The van der Waals surface area contributed by atoms with Crippen LogP contribution in [0.5, 0.6) is 0 Å². The molecule has 0 aromatic rings. The molecule has 0 spiro atoms. The molecule has 3 heteroatoms. The van der Waals surface area contributed by atoms with Gasteiger partial charge in [-0.3, -0.25) is 4.79 Å². The molecule has 0 saturated carbocycles. The minimum absolute atomic E-state index is 0.313. The Balaban J connectivity index is 3.46. The molecule has 8 heavy (non-hydrogen) atoms.